The molecule has 6 heteroatoms. The van der Waals surface area contributed by atoms with E-state index in [0.717, 1.165) is 16.3 Å². The van der Waals surface area contributed by atoms with E-state index in [-0.39, 0.29) is 6.61 Å². The highest BCUT2D eigenvalue weighted by Gasteiger charge is 2.09. The van der Waals surface area contributed by atoms with Crippen molar-refractivity contribution < 1.29 is 9.53 Å². The van der Waals surface area contributed by atoms with Gasteiger partial charge in [-0.3, -0.25) is 0 Å². The number of alkyl carbamates (subject to hydrolysis) is 1. The molecule has 2 N–H and O–H groups in total. The molecular weight excluding hydrogens is 262 g/mol. The molecule has 0 aromatic carbocycles. The van der Waals surface area contributed by atoms with Crippen molar-refractivity contribution in [2.75, 3.05) is 13.2 Å². The van der Waals surface area contributed by atoms with Crippen LogP contribution in [0.15, 0.2) is 36.5 Å². The Balaban J connectivity index is 1.85. The molecule has 0 radical (unpaired) electrons. The lowest BCUT2D eigenvalue weighted by Gasteiger charge is -2.05. The highest BCUT2D eigenvalue weighted by molar-refractivity contribution is 7.13. The van der Waals surface area contributed by atoms with Crippen LogP contribution in [0, 0.1) is 0 Å². The molecule has 2 rings (SSSR count). The standard InChI is InChI=1S/C13H15N3O2S/c1-2-7-18-13(17)14-6-5-10-12(16-9-15-10)11-4-3-8-19-11/h2-4,8-9H,1,5-7H2,(H,14,17)(H,15,16). The molecule has 0 aliphatic heterocycles. The molecule has 100 valence electrons. The first-order valence-corrected chi connectivity index (χ1v) is 6.77. The summed E-state index contributed by atoms with van der Waals surface area (Å²) in [6.45, 7) is 4.19. The van der Waals surface area contributed by atoms with Gasteiger partial charge in [0.05, 0.1) is 11.2 Å². The lowest BCUT2D eigenvalue weighted by Crippen LogP contribution is -2.26. The average molecular weight is 277 g/mol. The molecule has 0 bridgehead atoms. The van der Waals surface area contributed by atoms with Crippen LogP contribution in [-0.4, -0.2) is 29.2 Å². The van der Waals surface area contributed by atoms with Crippen molar-refractivity contribution in [3.05, 3.63) is 42.2 Å². The molecule has 0 aliphatic carbocycles. The Morgan fingerprint density at radius 2 is 2.53 bits per heavy atom. The molecule has 0 atom stereocenters. The number of rotatable bonds is 6. The van der Waals surface area contributed by atoms with Crippen molar-refractivity contribution in [3.8, 4) is 10.6 Å². The minimum Gasteiger partial charge on any atom is -0.445 e. The monoisotopic (exact) mass is 277 g/mol. The molecule has 0 spiro atoms. The maximum absolute atomic E-state index is 11.2. The maximum atomic E-state index is 11.2. The van der Waals surface area contributed by atoms with Gasteiger partial charge >= 0.3 is 6.09 Å². The van der Waals surface area contributed by atoms with Gasteiger partial charge in [-0.2, -0.15) is 0 Å². The zero-order chi connectivity index (χ0) is 13.5. The fourth-order valence-electron chi connectivity index (χ4n) is 1.61. The summed E-state index contributed by atoms with van der Waals surface area (Å²) in [5.74, 6) is 0. The van der Waals surface area contributed by atoms with Gasteiger partial charge in [0.15, 0.2) is 0 Å². The number of hydrogen-bond donors (Lipinski definition) is 2. The Labute approximate surface area is 115 Å². The Morgan fingerprint density at radius 1 is 1.63 bits per heavy atom. The third kappa shape index (κ3) is 3.69. The van der Waals surface area contributed by atoms with Crippen LogP contribution in [0.3, 0.4) is 0 Å². The molecule has 1 amide bonds. The minimum absolute atomic E-state index is 0.219. The SMILES string of the molecule is C=CCOC(=O)NCCc1[nH]cnc1-c1cccs1. The Hall–Kier alpha value is -2.08. The van der Waals surface area contributed by atoms with Crippen molar-refractivity contribution in [2.24, 2.45) is 0 Å². The number of carbonyl (C=O) groups excluding carboxylic acids is 1. The lowest BCUT2D eigenvalue weighted by atomic mass is 10.2. The van der Waals surface area contributed by atoms with Gasteiger partial charge < -0.3 is 15.0 Å². The van der Waals surface area contributed by atoms with Crippen LogP contribution in [0.1, 0.15) is 5.69 Å². The number of aromatic nitrogens is 2. The van der Waals surface area contributed by atoms with Crippen LogP contribution in [0.5, 0.6) is 0 Å². The van der Waals surface area contributed by atoms with E-state index in [2.05, 4.69) is 21.9 Å². The first-order valence-electron chi connectivity index (χ1n) is 5.89. The summed E-state index contributed by atoms with van der Waals surface area (Å²) in [4.78, 5) is 19.8. The maximum Gasteiger partial charge on any atom is 0.407 e. The Kier molecular flexibility index (Phi) is 4.74. The number of carbonyl (C=O) groups is 1. The number of H-pyrrole nitrogens is 1. The van der Waals surface area contributed by atoms with Gasteiger partial charge in [-0.05, 0) is 11.4 Å². The van der Waals surface area contributed by atoms with Crippen molar-refractivity contribution in [3.63, 3.8) is 0 Å². The van der Waals surface area contributed by atoms with E-state index in [9.17, 15) is 4.79 Å². The molecule has 2 heterocycles. The van der Waals surface area contributed by atoms with Gasteiger partial charge in [0.1, 0.15) is 12.3 Å². The number of imidazole rings is 1. The van der Waals surface area contributed by atoms with E-state index in [1.165, 1.54) is 6.08 Å². The van der Waals surface area contributed by atoms with E-state index >= 15 is 0 Å². The van der Waals surface area contributed by atoms with Crippen molar-refractivity contribution in [2.45, 2.75) is 6.42 Å². The highest BCUT2D eigenvalue weighted by Crippen LogP contribution is 2.25. The smallest absolute Gasteiger partial charge is 0.407 e. The molecule has 2 aromatic rings. The molecule has 0 saturated heterocycles. The first kappa shape index (κ1) is 13.4. The van der Waals surface area contributed by atoms with E-state index in [0.29, 0.717) is 13.0 Å². The van der Waals surface area contributed by atoms with Crippen molar-refractivity contribution >= 4 is 17.4 Å². The second kappa shape index (κ2) is 6.75. The summed E-state index contributed by atoms with van der Waals surface area (Å²) in [6.07, 6.45) is 3.44. The largest absolute Gasteiger partial charge is 0.445 e. The van der Waals surface area contributed by atoms with Crippen molar-refractivity contribution in [1.82, 2.24) is 15.3 Å². The Bertz CT molecular complexity index is 534. The quantitative estimate of drug-likeness (QED) is 0.797. The predicted molar refractivity (Wildman–Crippen MR) is 75.2 cm³/mol. The minimum atomic E-state index is -0.433. The van der Waals surface area contributed by atoms with Gasteiger partial charge in [0, 0.05) is 18.7 Å². The average Bonchev–Trinajstić information content (AvgIpc) is 3.06. The summed E-state index contributed by atoms with van der Waals surface area (Å²) in [5.41, 5.74) is 1.95. The molecule has 0 unspecified atom stereocenters. The molecule has 5 nitrogen and oxygen atoms in total. The number of nitrogens with one attached hydrogen (secondary N) is 2. The zero-order valence-electron chi connectivity index (χ0n) is 10.4. The van der Waals surface area contributed by atoms with Gasteiger partial charge in [-0.15, -0.1) is 11.3 Å². The van der Waals surface area contributed by atoms with E-state index in [1.54, 1.807) is 17.7 Å². The van der Waals surface area contributed by atoms with E-state index in [1.807, 2.05) is 17.5 Å². The van der Waals surface area contributed by atoms with Gasteiger partial charge in [0.25, 0.3) is 0 Å². The number of thiophene rings is 1. The summed E-state index contributed by atoms with van der Waals surface area (Å²) >= 11 is 1.64. The third-order valence-corrected chi connectivity index (χ3v) is 3.33. The summed E-state index contributed by atoms with van der Waals surface area (Å²) < 4.78 is 4.82. The highest BCUT2D eigenvalue weighted by atomic mass is 32.1. The topological polar surface area (TPSA) is 67.0 Å². The third-order valence-electron chi connectivity index (χ3n) is 2.45. The van der Waals surface area contributed by atoms with Crippen LogP contribution in [-0.2, 0) is 11.2 Å². The second-order valence-corrected chi connectivity index (χ2v) is 4.72. The van der Waals surface area contributed by atoms with Gasteiger partial charge in [-0.25, -0.2) is 9.78 Å². The zero-order valence-corrected chi connectivity index (χ0v) is 11.2. The summed E-state index contributed by atoms with van der Waals surface area (Å²) in [5, 5.41) is 4.69. The van der Waals surface area contributed by atoms with Crippen LogP contribution in [0.2, 0.25) is 0 Å². The van der Waals surface area contributed by atoms with E-state index < -0.39 is 6.09 Å². The second-order valence-electron chi connectivity index (χ2n) is 3.77. The molecule has 2 aromatic heterocycles. The number of hydrogen-bond acceptors (Lipinski definition) is 4. The predicted octanol–water partition coefficient (Wildman–Crippen LogP) is 2.59. The fraction of sp³-hybridized carbons (Fsp3) is 0.231. The molecule has 0 fully saturated rings. The van der Waals surface area contributed by atoms with Crippen LogP contribution in [0.25, 0.3) is 10.6 Å². The number of amides is 1. The number of nitrogens with zero attached hydrogens (tertiary/aromatic N) is 1. The molecule has 19 heavy (non-hydrogen) atoms. The fourth-order valence-corrected chi connectivity index (χ4v) is 2.36. The van der Waals surface area contributed by atoms with Crippen LogP contribution >= 0.6 is 11.3 Å². The van der Waals surface area contributed by atoms with Gasteiger partial charge in [0.2, 0.25) is 0 Å². The summed E-state index contributed by atoms with van der Waals surface area (Å²) in [6, 6.07) is 4.01. The molecular formula is C13H15N3O2S. The van der Waals surface area contributed by atoms with Crippen molar-refractivity contribution in [1.29, 1.82) is 0 Å². The van der Waals surface area contributed by atoms with Gasteiger partial charge in [-0.1, -0.05) is 18.7 Å². The summed E-state index contributed by atoms with van der Waals surface area (Å²) in [7, 11) is 0. The van der Waals surface area contributed by atoms with Crippen LogP contribution in [0.4, 0.5) is 4.79 Å². The molecule has 0 aliphatic rings. The number of ether oxygens (including phenoxy) is 1. The first-order chi connectivity index (χ1) is 9.31. The normalized spacial score (nSPS) is 10.1. The molecule has 0 saturated carbocycles. The Morgan fingerprint density at radius 3 is 3.26 bits per heavy atom. The number of aromatic amines is 1. The van der Waals surface area contributed by atoms with Crippen LogP contribution < -0.4 is 5.32 Å². The lowest BCUT2D eigenvalue weighted by molar-refractivity contribution is 0.158. The van der Waals surface area contributed by atoms with E-state index in [4.69, 9.17) is 4.74 Å².